The Balaban J connectivity index is 2.53. The first-order valence-electron chi connectivity index (χ1n) is 8.89. The number of sulfonamides is 2. The summed E-state index contributed by atoms with van der Waals surface area (Å²) >= 11 is 0. The van der Waals surface area contributed by atoms with E-state index in [9.17, 15) is 42.3 Å². The van der Waals surface area contributed by atoms with Crippen LogP contribution < -0.4 is 0 Å². The molecular formula is C17H17N5O9S2. The lowest BCUT2D eigenvalue weighted by molar-refractivity contribution is -0.386. The van der Waals surface area contributed by atoms with Gasteiger partial charge in [-0.3, -0.25) is 20.2 Å². The van der Waals surface area contributed by atoms with Crippen LogP contribution in [0.2, 0.25) is 0 Å². The van der Waals surface area contributed by atoms with Gasteiger partial charge in [-0.05, 0) is 12.1 Å². The van der Waals surface area contributed by atoms with Crippen molar-refractivity contribution in [3.05, 3.63) is 55.6 Å². The summed E-state index contributed by atoms with van der Waals surface area (Å²) in [6.45, 7) is 0. The Kier molecular flexibility index (Phi) is 5.74. The third-order valence-electron chi connectivity index (χ3n) is 4.99. The van der Waals surface area contributed by atoms with E-state index in [-0.39, 0.29) is 22.3 Å². The molecule has 0 heterocycles. The van der Waals surface area contributed by atoms with Gasteiger partial charge in [-0.25, -0.2) is 25.4 Å². The molecule has 0 radical (unpaired) electrons. The number of nitro benzene ring substituents is 2. The highest BCUT2D eigenvalue weighted by Gasteiger charge is 2.41. The summed E-state index contributed by atoms with van der Waals surface area (Å²) < 4.78 is 52.1. The first-order valence-corrected chi connectivity index (χ1v) is 11.8. The maximum absolute atomic E-state index is 12.6. The van der Waals surface area contributed by atoms with E-state index in [0.717, 1.165) is 32.9 Å². The number of nitrogens with zero attached hydrogens (tertiary/aromatic N) is 5. The molecular weight excluding hydrogens is 482 g/mol. The van der Waals surface area contributed by atoms with Crippen LogP contribution in [0.25, 0.3) is 11.1 Å². The molecule has 0 aliphatic heterocycles. The fourth-order valence-corrected chi connectivity index (χ4v) is 5.26. The van der Waals surface area contributed by atoms with E-state index in [1.807, 2.05) is 0 Å². The van der Waals surface area contributed by atoms with Gasteiger partial charge in [0.1, 0.15) is 5.71 Å². The summed E-state index contributed by atoms with van der Waals surface area (Å²) in [6, 6.07) is 3.45. The zero-order valence-corrected chi connectivity index (χ0v) is 19.2. The molecule has 0 unspecified atom stereocenters. The lowest BCUT2D eigenvalue weighted by atomic mass is 10.0. The predicted molar refractivity (Wildman–Crippen MR) is 114 cm³/mol. The van der Waals surface area contributed by atoms with Gasteiger partial charge in [-0.1, -0.05) is 5.16 Å². The highest BCUT2D eigenvalue weighted by Crippen LogP contribution is 2.49. The molecule has 0 spiro atoms. The van der Waals surface area contributed by atoms with Gasteiger partial charge < -0.3 is 5.21 Å². The average molecular weight is 499 g/mol. The second-order valence-corrected chi connectivity index (χ2v) is 11.6. The van der Waals surface area contributed by atoms with Crippen molar-refractivity contribution < 1.29 is 31.9 Å². The molecule has 0 atom stereocenters. The fourth-order valence-electron chi connectivity index (χ4n) is 3.36. The van der Waals surface area contributed by atoms with Crippen LogP contribution in [0.1, 0.15) is 11.1 Å². The van der Waals surface area contributed by atoms with Crippen molar-refractivity contribution in [3.8, 4) is 11.1 Å². The molecule has 0 saturated carbocycles. The van der Waals surface area contributed by atoms with Crippen LogP contribution in [0.5, 0.6) is 0 Å². The molecule has 1 N–H and O–H groups in total. The average Bonchev–Trinajstić information content (AvgIpc) is 3.04. The quantitative estimate of drug-likeness (QED) is 0.295. The Bertz CT molecular complexity index is 1350. The van der Waals surface area contributed by atoms with Crippen LogP contribution >= 0.6 is 0 Å². The molecule has 0 amide bonds. The van der Waals surface area contributed by atoms with Gasteiger partial charge in [0, 0.05) is 51.5 Å². The fraction of sp³-hybridized carbons (Fsp3) is 0.235. The van der Waals surface area contributed by atoms with Gasteiger partial charge >= 0.3 is 0 Å². The molecule has 33 heavy (non-hydrogen) atoms. The molecule has 1 aliphatic rings. The predicted octanol–water partition coefficient (Wildman–Crippen LogP) is 1.21. The van der Waals surface area contributed by atoms with Crippen molar-refractivity contribution in [2.75, 3.05) is 28.2 Å². The summed E-state index contributed by atoms with van der Waals surface area (Å²) in [5, 5.41) is 36.4. The number of hydrogen-bond donors (Lipinski definition) is 1. The molecule has 1 aliphatic carbocycles. The largest absolute Gasteiger partial charge is 0.410 e. The SMILES string of the molecule is CN(C)S(=O)(=O)c1cc2c(c([N+](=O)[O-])c1)-c1c(cc(S(=O)(=O)N(C)C)cc1[N+](=O)[O-])C2=NO. The standard InChI is InChI=1S/C17H17N5O9S2/c1-19(2)32(28,29)9-5-11-15(13(7-9)21(24)25)16-12(17(11)18-23)6-10(8-14(16)22(26)27)33(30,31)20(3)4/h5-8,23H,1-4H3. The number of benzene rings is 2. The molecule has 16 heteroatoms. The molecule has 0 fully saturated rings. The highest BCUT2D eigenvalue weighted by atomic mass is 32.2. The number of oxime groups is 1. The van der Waals surface area contributed by atoms with Gasteiger partial charge in [0.25, 0.3) is 11.4 Å². The second-order valence-electron chi connectivity index (χ2n) is 7.27. The summed E-state index contributed by atoms with van der Waals surface area (Å²) in [4.78, 5) is 20.8. The molecule has 14 nitrogen and oxygen atoms in total. The van der Waals surface area contributed by atoms with Gasteiger partial charge in [-0.15, -0.1) is 0 Å². The second kappa shape index (κ2) is 7.84. The van der Waals surface area contributed by atoms with Crippen LogP contribution in [-0.2, 0) is 20.0 Å². The molecule has 0 saturated heterocycles. The topological polar surface area (TPSA) is 194 Å². The van der Waals surface area contributed by atoms with E-state index in [0.29, 0.717) is 0 Å². The smallest absolute Gasteiger partial charge is 0.279 e. The van der Waals surface area contributed by atoms with Crippen molar-refractivity contribution in [3.63, 3.8) is 0 Å². The molecule has 2 aromatic carbocycles. The van der Waals surface area contributed by atoms with E-state index in [1.165, 1.54) is 28.2 Å². The van der Waals surface area contributed by atoms with Crippen molar-refractivity contribution in [2.24, 2.45) is 5.16 Å². The molecule has 3 rings (SSSR count). The molecule has 0 bridgehead atoms. The molecule has 2 aromatic rings. The summed E-state index contributed by atoms with van der Waals surface area (Å²) in [5.41, 5.74) is -3.30. The van der Waals surface area contributed by atoms with E-state index in [1.54, 1.807) is 0 Å². The van der Waals surface area contributed by atoms with Gasteiger partial charge in [0.2, 0.25) is 20.0 Å². The van der Waals surface area contributed by atoms with Crippen LogP contribution in [0, 0.1) is 20.2 Å². The number of fused-ring (bicyclic) bond motifs is 3. The monoisotopic (exact) mass is 499 g/mol. The van der Waals surface area contributed by atoms with Crippen LogP contribution in [0.3, 0.4) is 0 Å². The zero-order chi connectivity index (χ0) is 25.0. The minimum Gasteiger partial charge on any atom is -0.410 e. The van der Waals surface area contributed by atoms with Crippen molar-refractivity contribution >= 4 is 37.1 Å². The Hall–Kier alpha value is -3.47. The summed E-state index contributed by atoms with van der Waals surface area (Å²) in [6.07, 6.45) is 0. The van der Waals surface area contributed by atoms with E-state index >= 15 is 0 Å². The van der Waals surface area contributed by atoms with Crippen molar-refractivity contribution in [1.29, 1.82) is 0 Å². The normalized spacial score (nSPS) is 13.2. The number of hydrogen-bond acceptors (Lipinski definition) is 10. The third kappa shape index (κ3) is 3.62. The lowest BCUT2D eigenvalue weighted by Crippen LogP contribution is -2.22. The Morgan fingerprint density at radius 3 is 1.33 bits per heavy atom. The van der Waals surface area contributed by atoms with E-state index in [4.69, 9.17) is 0 Å². The van der Waals surface area contributed by atoms with Crippen molar-refractivity contribution in [2.45, 2.75) is 9.79 Å². The maximum Gasteiger partial charge on any atom is 0.279 e. The first kappa shape index (κ1) is 24.2. The zero-order valence-electron chi connectivity index (χ0n) is 17.6. The van der Waals surface area contributed by atoms with Gasteiger partial charge in [-0.2, -0.15) is 0 Å². The van der Waals surface area contributed by atoms with Crippen molar-refractivity contribution in [1.82, 2.24) is 8.61 Å². The van der Waals surface area contributed by atoms with E-state index in [2.05, 4.69) is 5.16 Å². The molecule has 176 valence electrons. The number of rotatable bonds is 6. The van der Waals surface area contributed by atoms with Crippen LogP contribution in [0.4, 0.5) is 11.4 Å². The van der Waals surface area contributed by atoms with Crippen LogP contribution in [0.15, 0.2) is 39.2 Å². The molecule has 0 aromatic heterocycles. The van der Waals surface area contributed by atoms with Gasteiger partial charge in [0.15, 0.2) is 0 Å². The first-order chi connectivity index (χ1) is 15.2. The maximum atomic E-state index is 12.6. The highest BCUT2D eigenvalue weighted by molar-refractivity contribution is 7.89. The van der Waals surface area contributed by atoms with Crippen LogP contribution in [-0.4, -0.2) is 74.4 Å². The summed E-state index contributed by atoms with van der Waals surface area (Å²) in [5.74, 6) is 0. The Morgan fingerprint density at radius 1 is 0.758 bits per heavy atom. The summed E-state index contributed by atoms with van der Waals surface area (Å²) in [7, 11) is -3.57. The lowest BCUT2D eigenvalue weighted by Gasteiger charge is -2.13. The third-order valence-corrected chi connectivity index (χ3v) is 8.58. The minimum absolute atomic E-state index is 0.273. The minimum atomic E-state index is -4.19. The Labute approximate surface area is 187 Å². The Morgan fingerprint density at radius 2 is 1.09 bits per heavy atom. The van der Waals surface area contributed by atoms with E-state index < -0.39 is 56.8 Å². The van der Waals surface area contributed by atoms with Gasteiger partial charge in [0.05, 0.1) is 30.8 Å². The number of nitro groups is 2.